The third kappa shape index (κ3) is 2.78. The number of hydrogen-bond acceptors (Lipinski definition) is 5. The van der Waals surface area contributed by atoms with Gasteiger partial charge in [0.05, 0.1) is 18.2 Å². The van der Waals surface area contributed by atoms with E-state index >= 15 is 0 Å². The Kier molecular flexibility index (Phi) is 3.90. The maximum absolute atomic E-state index is 10.9. The van der Waals surface area contributed by atoms with Crippen LogP contribution in [-0.2, 0) is 4.74 Å². The van der Waals surface area contributed by atoms with Crippen molar-refractivity contribution in [2.45, 2.75) is 26.3 Å². The first kappa shape index (κ1) is 13.6. The van der Waals surface area contributed by atoms with Gasteiger partial charge < -0.3 is 9.84 Å². The van der Waals surface area contributed by atoms with Crippen LogP contribution in [0.2, 0.25) is 5.15 Å². The Labute approximate surface area is 115 Å². The van der Waals surface area contributed by atoms with Crippen LogP contribution in [0.15, 0.2) is 17.2 Å². The zero-order valence-corrected chi connectivity index (χ0v) is 11.4. The number of halogens is 1. The maximum atomic E-state index is 10.9. The van der Waals surface area contributed by atoms with Gasteiger partial charge >= 0.3 is 5.97 Å². The molecule has 19 heavy (non-hydrogen) atoms. The van der Waals surface area contributed by atoms with Crippen LogP contribution in [0.5, 0.6) is 0 Å². The van der Waals surface area contributed by atoms with Crippen molar-refractivity contribution in [1.29, 1.82) is 0 Å². The van der Waals surface area contributed by atoms with Crippen molar-refractivity contribution < 1.29 is 14.6 Å². The van der Waals surface area contributed by atoms with Gasteiger partial charge in [-0.25, -0.2) is 14.8 Å². The molecule has 0 aliphatic carbocycles. The van der Waals surface area contributed by atoms with Crippen molar-refractivity contribution in [2.75, 3.05) is 11.6 Å². The van der Waals surface area contributed by atoms with Crippen molar-refractivity contribution in [1.82, 2.24) is 4.98 Å². The van der Waals surface area contributed by atoms with E-state index < -0.39 is 5.97 Å². The molecule has 1 aliphatic rings. The SMILES string of the molecule is CCOC1=NN(c2ccc(C(=O)O)c(Cl)n2)C(C)C1. The molecule has 1 aliphatic heterocycles. The number of carbonyl (C=O) groups is 1. The Hall–Kier alpha value is -1.82. The predicted octanol–water partition coefficient (Wildman–Crippen LogP) is 2.38. The minimum absolute atomic E-state index is 0.0220. The maximum Gasteiger partial charge on any atom is 0.338 e. The zero-order chi connectivity index (χ0) is 14.0. The molecule has 0 saturated heterocycles. The highest BCUT2D eigenvalue weighted by Crippen LogP contribution is 2.25. The van der Waals surface area contributed by atoms with Gasteiger partial charge in [0.2, 0.25) is 5.90 Å². The van der Waals surface area contributed by atoms with Crippen molar-refractivity contribution in [2.24, 2.45) is 5.10 Å². The monoisotopic (exact) mass is 283 g/mol. The van der Waals surface area contributed by atoms with Crippen LogP contribution < -0.4 is 5.01 Å². The van der Waals surface area contributed by atoms with E-state index in [0.717, 1.165) is 0 Å². The summed E-state index contributed by atoms with van der Waals surface area (Å²) in [5.74, 6) is 0.0597. The van der Waals surface area contributed by atoms with Gasteiger partial charge in [-0.2, -0.15) is 0 Å². The summed E-state index contributed by atoms with van der Waals surface area (Å²) in [7, 11) is 0. The summed E-state index contributed by atoms with van der Waals surface area (Å²) in [6, 6.07) is 3.11. The molecule has 102 valence electrons. The highest BCUT2D eigenvalue weighted by atomic mass is 35.5. The van der Waals surface area contributed by atoms with Crippen LogP contribution in [-0.4, -0.2) is 34.6 Å². The average molecular weight is 284 g/mol. The Bertz CT molecular complexity index is 533. The van der Waals surface area contributed by atoms with Crippen LogP contribution in [0, 0.1) is 0 Å². The lowest BCUT2D eigenvalue weighted by atomic mass is 10.2. The topological polar surface area (TPSA) is 75.0 Å². The molecular formula is C12H14ClN3O3. The van der Waals surface area contributed by atoms with Crippen LogP contribution in [0.1, 0.15) is 30.6 Å². The molecule has 0 bridgehead atoms. The number of nitrogens with zero attached hydrogens (tertiary/aromatic N) is 3. The third-order valence-corrected chi connectivity index (χ3v) is 3.01. The fourth-order valence-corrected chi connectivity index (χ4v) is 2.07. The molecule has 1 unspecified atom stereocenters. The Morgan fingerprint density at radius 2 is 2.37 bits per heavy atom. The van der Waals surface area contributed by atoms with E-state index in [1.54, 1.807) is 11.1 Å². The molecule has 0 spiro atoms. The number of hydrazone groups is 1. The summed E-state index contributed by atoms with van der Waals surface area (Å²) in [5, 5.41) is 14.8. The summed E-state index contributed by atoms with van der Waals surface area (Å²) in [6.07, 6.45) is 0.688. The average Bonchev–Trinajstić information content (AvgIpc) is 2.70. The molecule has 7 heteroatoms. The normalized spacial score (nSPS) is 18.4. The van der Waals surface area contributed by atoms with E-state index in [2.05, 4.69) is 10.1 Å². The summed E-state index contributed by atoms with van der Waals surface area (Å²) >= 11 is 5.85. The first-order valence-electron chi connectivity index (χ1n) is 5.92. The van der Waals surface area contributed by atoms with Crippen molar-refractivity contribution >= 4 is 29.3 Å². The quantitative estimate of drug-likeness (QED) is 0.862. The predicted molar refractivity (Wildman–Crippen MR) is 71.8 cm³/mol. The molecule has 2 heterocycles. The van der Waals surface area contributed by atoms with Gasteiger partial charge in [-0.05, 0) is 26.0 Å². The lowest BCUT2D eigenvalue weighted by Crippen LogP contribution is -2.23. The van der Waals surface area contributed by atoms with Gasteiger partial charge in [-0.3, -0.25) is 0 Å². The molecular weight excluding hydrogens is 270 g/mol. The van der Waals surface area contributed by atoms with Gasteiger partial charge in [0.1, 0.15) is 5.15 Å². The Balaban J connectivity index is 2.27. The van der Waals surface area contributed by atoms with Gasteiger partial charge in [-0.15, -0.1) is 5.10 Å². The summed E-state index contributed by atoms with van der Waals surface area (Å²) in [6.45, 7) is 4.44. The second-order valence-corrected chi connectivity index (χ2v) is 4.50. The first-order chi connectivity index (χ1) is 9.02. The Morgan fingerprint density at radius 1 is 1.63 bits per heavy atom. The van der Waals surface area contributed by atoms with Gasteiger partial charge in [0, 0.05) is 6.42 Å². The molecule has 1 N–H and O–H groups in total. The van der Waals surface area contributed by atoms with Crippen LogP contribution in [0.3, 0.4) is 0 Å². The molecule has 0 radical (unpaired) electrons. The van der Waals surface area contributed by atoms with E-state index in [1.807, 2.05) is 13.8 Å². The molecule has 1 aromatic heterocycles. The number of anilines is 1. The molecule has 0 saturated carbocycles. The number of aromatic carboxylic acids is 1. The molecule has 0 amide bonds. The lowest BCUT2D eigenvalue weighted by Gasteiger charge is -2.18. The first-order valence-corrected chi connectivity index (χ1v) is 6.30. The van der Waals surface area contributed by atoms with Crippen LogP contribution in [0.4, 0.5) is 5.82 Å². The minimum atomic E-state index is -1.10. The summed E-state index contributed by atoms with van der Waals surface area (Å²) < 4.78 is 5.37. The zero-order valence-electron chi connectivity index (χ0n) is 10.6. The van der Waals surface area contributed by atoms with E-state index in [9.17, 15) is 4.79 Å². The van der Waals surface area contributed by atoms with E-state index in [1.165, 1.54) is 6.07 Å². The van der Waals surface area contributed by atoms with Crippen molar-refractivity contribution in [3.05, 3.63) is 22.8 Å². The van der Waals surface area contributed by atoms with E-state index in [-0.39, 0.29) is 16.8 Å². The number of ether oxygens (including phenoxy) is 1. The Morgan fingerprint density at radius 3 is 2.95 bits per heavy atom. The van der Waals surface area contributed by atoms with Crippen molar-refractivity contribution in [3.8, 4) is 0 Å². The van der Waals surface area contributed by atoms with E-state index in [0.29, 0.717) is 24.7 Å². The number of carboxylic acids is 1. The number of rotatable bonds is 3. The highest BCUT2D eigenvalue weighted by Gasteiger charge is 2.26. The van der Waals surface area contributed by atoms with Gasteiger partial charge in [0.25, 0.3) is 0 Å². The fourth-order valence-electron chi connectivity index (χ4n) is 1.84. The molecule has 1 atom stereocenters. The van der Waals surface area contributed by atoms with Gasteiger partial charge in [-0.1, -0.05) is 11.6 Å². The lowest BCUT2D eigenvalue weighted by molar-refractivity contribution is 0.0696. The molecule has 0 fully saturated rings. The minimum Gasteiger partial charge on any atom is -0.480 e. The fraction of sp³-hybridized carbons (Fsp3) is 0.417. The number of carboxylic acid groups (broad SMARTS) is 1. The van der Waals surface area contributed by atoms with Crippen LogP contribution in [0.25, 0.3) is 0 Å². The number of pyridine rings is 1. The van der Waals surface area contributed by atoms with Gasteiger partial charge in [0.15, 0.2) is 5.82 Å². The molecule has 6 nitrogen and oxygen atoms in total. The highest BCUT2D eigenvalue weighted by molar-refractivity contribution is 6.32. The third-order valence-electron chi connectivity index (χ3n) is 2.72. The molecule has 2 rings (SSSR count). The second-order valence-electron chi connectivity index (χ2n) is 4.14. The number of hydrogen-bond donors (Lipinski definition) is 1. The second kappa shape index (κ2) is 5.44. The number of aromatic nitrogens is 1. The van der Waals surface area contributed by atoms with Crippen LogP contribution >= 0.6 is 11.6 Å². The molecule has 1 aromatic rings. The smallest absolute Gasteiger partial charge is 0.338 e. The van der Waals surface area contributed by atoms with Crippen molar-refractivity contribution in [3.63, 3.8) is 0 Å². The largest absolute Gasteiger partial charge is 0.480 e. The van der Waals surface area contributed by atoms with E-state index in [4.69, 9.17) is 21.4 Å². The standard InChI is InChI=1S/C12H14ClN3O3/c1-3-19-10-6-7(2)16(15-10)9-5-4-8(12(17)18)11(13)14-9/h4-5,7H,3,6H2,1-2H3,(H,17,18). The summed E-state index contributed by atoms with van der Waals surface area (Å²) in [5.41, 5.74) is -0.0220. The molecule has 0 aromatic carbocycles. The summed E-state index contributed by atoms with van der Waals surface area (Å²) in [4.78, 5) is 14.9.